The molecule has 0 rings (SSSR count). The minimum Gasteiger partial charge on any atom is -0.295 e. The van der Waals surface area contributed by atoms with Crippen LogP contribution in [0, 0.1) is 0 Å². The summed E-state index contributed by atoms with van der Waals surface area (Å²) < 4.78 is 0. The molecule has 0 aromatic rings. The van der Waals surface area contributed by atoms with Crippen LogP contribution in [-0.4, -0.2) is 11.7 Å². The first-order valence-corrected chi connectivity index (χ1v) is 3.50. The molecule has 0 aromatic carbocycles. The zero-order valence-corrected chi connectivity index (χ0v) is 6.53. The van der Waals surface area contributed by atoms with E-state index in [-0.39, 0.29) is 5.78 Å². The summed E-state index contributed by atoms with van der Waals surface area (Å²) in [5, 5.41) is 0. The van der Waals surface area contributed by atoms with Gasteiger partial charge in [-0.2, -0.15) is 0 Å². The van der Waals surface area contributed by atoms with Crippen LogP contribution in [0.5, 0.6) is 0 Å². The predicted molar refractivity (Wildman–Crippen MR) is 39.8 cm³/mol. The van der Waals surface area contributed by atoms with Crippen LogP contribution >= 0.6 is 11.6 Å². The number of rotatable bonds is 3. The molecule has 0 saturated carbocycles. The van der Waals surface area contributed by atoms with Crippen molar-refractivity contribution >= 4 is 17.4 Å². The molecule has 1 nitrogen and oxygen atoms in total. The van der Waals surface area contributed by atoms with E-state index in [4.69, 9.17) is 11.6 Å². The molecule has 0 radical (unpaired) electrons. The first-order chi connectivity index (χ1) is 4.20. The van der Waals surface area contributed by atoms with Gasteiger partial charge in [-0.05, 0) is 13.0 Å². The van der Waals surface area contributed by atoms with E-state index in [1.54, 1.807) is 6.08 Å². The quantitative estimate of drug-likeness (QED) is 0.441. The van der Waals surface area contributed by atoms with E-state index in [1.165, 1.54) is 0 Å². The third kappa shape index (κ3) is 4.22. The zero-order valence-electron chi connectivity index (χ0n) is 5.78. The normalized spacial score (nSPS) is 11.7. The summed E-state index contributed by atoms with van der Waals surface area (Å²) in [6, 6.07) is 0. The van der Waals surface area contributed by atoms with Crippen LogP contribution in [0.25, 0.3) is 0 Å². The van der Waals surface area contributed by atoms with E-state index in [1.807, 2.05) is 13.8 Å². The number of ketones is 1. The van der Waals surface area contributed by atoms with Crippen molar-refractivity contribution in [3.8, 4) is 0 Å². The predicted octanol–water partition coefficient (Wildman–Crippen LogP) is 2.15. The Balaban J connectivity index is 3.79. The van der Waals surface area contributed by atoms with Gasteiger partial charge in [-0.3, -0.25) is 4.79 Å². The van der Waals surface area contributed by atoms with Crippen molar-refractivity contribution in [3.63, 3.8) is 0 Å². The van der Waals surface area contributed by atoms with Gasteiger partial charge >= 0.3 is 0 Å². The Hall–Kier alpha value is -0.300. The molecule has 0 atom stereocenters. The van der Waals surface area contributed by atoms with Crippen molar-refractivity contribution in [3.05, 3.63) is 11.6 Å². The fourth-order valence-electron chi connectivity index (χ4n) is 0.415. The molecular weight excluding hydrogens is 136 g/mol. The van der Waals surface area contributed by atoms with Crippen molar-refractivity contribution in [2.24, 2.45) is 0 Å². The standard InChI is InChI=1S/C7H11ClO/c1-3-7(9)4-6(2)5-8/h4H,3,5H2,1-2H3. The number of hydrogen-bond acceptors (Lipinski definition) is 1. The van der Waals surface area contributed by atoms with Crippen LogP contribution < -0.4 is 0 Å². The van der Waals surface area contributed by atoms with E-state index in [9.17, 15) is 4.79 Å². The molecule has 52 valence electrons. The number of alkyl halides is 1. The Morgan fingerprint density at radius 1 is 1.67 bits per heavy atom. The molecule has 0 bridgehead atoms. The topological polar surface area (TPSA) is 17.1 Å². The Morgan fingerprint density at radius 3 is 2.56 bits per heavy atom. The minimum absolute atomic E-state index is 0.146. The maximum atomic E-state index is 10.6. The highest BCUT2D eigenvalue weighted by Gasteiger charge is 1.91. The molecule has 0 aliphatic heterocycles. The first kappa shape index (κ1) is 8.70. The lowest BCUT2D eigenvalue weighted by Gasteiger charge is -1.89. The molecule has 0 aromatic heterocycles. The van der Waals surface area contributed by atoms with Crippen LogP contribution in [0.2, 0.25) is 0 Å². The lowest BCUT2D eigenvalue weighted by molar-refractivity contribution is -0.114. The lowest BCUT2D eigenvalue weighted by atomic mass is 10.2. The van der Waals surface area contributed by atoms with Crippen LogP contribution in [0.3, 0.4) is 0 Å². The molecule has 0 heterocycles. The molecule has 0 aliphatic rings. The summed E-state index contributed by atoms with van der Waals surface area (Å²) in [5.74, 6) is 0.597. The second-order valence-corrected chi connectivity index (χ2v) is 2.21. The van der Waals surface area contributed by atoms with Crippen LogP contribution in [0.1, 0.15) is 20.3 Å². The van der Waals surface area contributed by atoms with Crippen LogP contribution in [0.15, 0.2) is 11.6 Å². The van der Waals surface area contributed by atoms with Gasteiger partial charge in [-0.15, -0.1) is 11.6 Å². The molecule has 0 N–H and O–H groups in total. The highest BCUT2D eigenvalue weighted by Crippen LogP contribution is 1.96. The first-order valence-electron chi connectivity index (χ1n) is 2.96. The smallest absolute Gasteiger partial charge is 0.155 e. The van der Waals surface area contributed by atoms with Gasteiger partial charge in [0, 0.05) is 12.3 Å². The van der Waals surface area contributed by atoms with Crippen LogP contribution in [-0.2, 0) is 4.79 Å². The van der Waals surface area contributed by atoms with Gasteiger partial charge in [-0.1, -0.05) is 12.5 Å². The molecule has 0 amide bonds. The summed E-state index contributed by atoms with van der Waals surface area (Å²) in [5.41, 5.74) is 0.934. The zero-order chi connectivity index (χ0) is 7.28. The van der Waals surface area contributed by atoms with Crippen molar-refractivity contribution in [1.29, 1.82) is 0 Å². The summed E-state index contributed by atoms with van der Waals surface area (Å²) in [6.45, 7) is 3.68. The van der Waals surface area contributed by atoms with E-state index < -0.39 is 0 Å². The number of carbonyl (C=O) groups excluding carboxylic acids is 1. The Bertz CT molecular complexity index is 127. The number of halogens is 1. The van der Waals surface area contributed by atoms with Gasteiger partial charge in [0.15, 0.2) is 5.78 Å². The van der Waals surface area contributed by atoms with Crippen molar-refractivity contribution < 1.29 is 4.79 Å². The van der Waals surface area contributed by atoms with Gasteiger partial charge in [0.05, 0.1) is 0 Å². The van der Waals surface area contributed by atoms with Gasteiger partial charge in [0.2, 0.25) is 0 Å². The maximum absolute atomic E-state index is 10.6. The Labute approximate surface area is 60.7 Å². The third-order valence-electron chi connectivity index (χ3n) is 0.967. The minimum atomic E-state index is 0.146. The summed E-state index contributed by atoms with van der Waals surface area (Å²) in [7, 11) is 0. The molecule has 2 heteroatoms. The second-order valence-electron chi connectivity index (χ2n) is 1.94. The summed E-state index contributed by atoms with van der Waals surface area (Å²) in [4.78, 5) is 10.6. The van der Waals surface area contributed by atoms with Crippen molar-refractivity contribution in [1.82, 2.24) is 0 Å². The molecule has 0 unspecified atom stereocenters. The van der Waals surface area contributed by atoms with E-state index in [2.05, 4.69) is 0 Å². The van der Waals surface area contributed by atoms with Gasteiger partial charge in [0.1, 0.15) is 0 Å². The molecule has 0 spiro atoms. The number of allylic oxidation sites excluding steroid dienone is 2. The molecule has 9 heavy (non-hydrogen) atoms. The Kier molecular flexibility index (Phi) is 4.41. The fourth-order valence-corrected chi connectivity index (χ4v) is 0.493. The number of carbonyl (C=O) groups is 1. The van der Waals surface area contributed by atoms with E-state index in [0.29, 0.717) is 12.3 Å². The summed E-state index contributed by atoms with van der Waals surface area (Å²) >= 11 is 5.43. The van der Waals surface area contributed by atoms with Crippen molar-refractivity contribution in [2.75, 3.05) is 5.88 Å². The van der Waals surface area contributed by atoms with Gasteiger partial charge < -0.3 is 0 Å². The number of hydrogen-bond donors (Lipinski definition) is 0. The lowest BCUT2D eigenvalue weighted by Crippen LogP contribution is -1.90. The molecule has 0 aliphatic carbocycles. The average molecular weight is 147 g/mol. The van der Waals surface area contributed by atoms with E-state index in [0.717, 1.165) is 5.57 Å². The maximum Gasteiger partial charge on any atom is 0.155 e. The second kappa shape index (κ2) is 4.57. The van der Waals surface area contributed by atoms with Crippen molar-refractivity contribution in [2.45, 2.75) is 20.3 Å². The van der Waals surface area contributed by atoms with Crippen LogP contribution in [0.4, 0.5) is 0 Å². The largest absolute Gasteiger partial charge is 0.295 e. The molecular formula is C7H11ClO. The monoisotopic (exact) mass is 146 g/mol. The molecule has 0 fully saturated rings. The van der Waals surface area contributed by atoms with Gasteiger partial charge in [-0.25, -0.2) is 0 Å². The highest BCUT2D eigenvalue weighted by molar-refractivity contribution is 6.19. The Morgan fingerprint density at radius 2 is 2.22 bits per heavy atom. The highest BCUT2D eigenvalue weighted by atomic mass is 35.5. The van der Waals surface area contributed by atoms with Gasteiger partial charge in [0.25, 0.3) is 0 Å². The van der Waals surface area contributed by atoms with E-state index >= 15 is 0 Å². The summed E-state index contributed by atoms with van der Waals surface area (Å²) in [6.07, 6.45) is 2.15. The molecule has 0 saturated heterocycles. The third-order valence-corrected chi connectivity index (χ3v) is 1.39. The SMILES string of the molecule is CCC(=O)C=C(C)CCl. The average Bonchev–Trinajstić information content (AvgIpc) is 1.87. The fraction of sp³-hybridized carbons (Fsp3) is 0.571.